The lowest BCUT2D eigenvalue weighted by Gasteiger charge is -2.22. The lowest BCUT2D eigenvalue weighted by molar-refractivity contribution is 0.0518. The highest BCUT2D eigenvalue weighted by Crippen LogP contribution is 2.36. The molecule has 1 aliphatic rings. The van der Waals surface area contributed by atoms with Crippen LogP contribution in [0.4, 0.5) is 4.39 Å². The molecule has 4 nitrogen and oxygen atoms in total. The Morgan fingerprint density at radius 1 is 1.24 bits per heavy atom. The number of fused-ring (bicyclic) bond motifs is 1. The second-order valence-electron chi connectivity index (χ2n) is 6.38. The van der Waals surface area contributed by atoms with Gasteiger partial charge in [0.2, 0.25) is 0 Å². The summed E-state index contributed by atoms with van der Waals surface area (Å²) >= 11 is 0. The van der Waals surface area contributed by atoms with Gasteiger partial charge < -0.3 is 9.72 Å². The zero-order chi connectivity index (χ0) is 18.0. The van der Waals surface area contributed by atoms with Crippen LogP contribution in [-0.2, 0) is 17.6 Å². The van der Waals surface area contributed by atoms with Crippen LogP contribution in [-0.4, -0.2) is 23.3 Å². The number of hydrogen-bond donors (Lipinski definition) is 1. The number of H-pyrrole nitrogens is 1. The minimum absolute atomic E-state index is 0.0104. The van der Waals surface area contributed by atoms with E-state index in [1.807, 2.05) is 6.92 Å². The number of aromatic amines is 1. The highest BCUT2D eigenvalue weighted by molar-refractivity contribution is 6.03. The fourth-order valence-electron chi connectivity index (χ4n) is 3.58. The molecule has 1 aromatic heterocycles. The van der Waals surface area contributed by atoms with E-state index in [0.29, 0.717) is 37.1 Å². The maximum Gasteiger partial charge on any atom is 0.355 e. The van der Waals surface area contributed by atoms with Gasteiger partial charge in [0, 0.05) is 17.7 Å². The predicted octanol–water partition coefficient (Wildman–Crippen LogP) is 4.20. The number of hydrogen-bond acceptors (Lipinski definition) is 3. The Morgan fingerprint density at radius 3 is 2.60 bits per heavy atom. The number of carbonyl (C=O) groups excluding carboxylic acids is 2. The summed E-state index contributed by atoms with van der Waals surface area (Å²) in [5, 5.41) is 0. The first kappa shape index (κ1) is 17.4. The van der Waals surface area contributed by atoms with Gasteiger partial charge in [-0.25, -0.2) is 9.18 Å². The molecule has 0 saturated carbocycles. The minimum Gasteiger partial charge on any atom is -0.461 e. The van der Waals surface area contributed by atoms with Crippen molar-refractivity contribution in [1.82, 2.24) is 4.98 Å². The van der Waals surface area contributed by atoms with Crippen LogP contribution in [0.1, 0.15) is 70.3 Å². The SMILES string of the molecule is CCCc1c(C(=O)OCC)[nH]c2c1C(=O)C[C@@H](c1ccc(F)cc1)C2. The first-order valence-electron chi connectivity index (χ1n) is 8.74. The third kappa shape index (κ3) is 3.36. The number of nitrogens with one attached hydrogen (secondary N) is 1. The zero-order valence-corrected chi connectivity index (χ0v) is 14.5. The van der Waals surface area contributed by atoms with Crippen LogP contribution in [0.5, 0.6) is 0 Å². The molecule has 2 aromatic rings. The second-order valence-corrected chi connectivity index (χ2v) is 6.38. The molecule has 0 unspecified atom stereocenters. The monoisotopic (exact) mass is 343 g/mol. The van der Waals surface area contributed by atoms with E-state index in [1.54, 1.807) is 19.1 Å². The molecular formula is C20H22FNO3. The van der Waals surface area contributed by atoms with Crippen molar-refractivity contribution in [3.05, 3.63) is 58.2 Å². The Kier molecular flexibility index (Phi) is 5.02. The largest absolute Gasteiger partial charge is 0.461 e. The summed E-state index contributed by atoms with van der Waals surface area (Å²) in [6, 6.07) is 6.27. The molecule has 132 valence electrons. The van der Waals surface area contributed by atoms with Crippen molar-refractivity contribution < 1.29 is 18.7 Å². The fraction of sp³-hybridized carbons (Fsp3) is 0.400. The van der Waals surface area contributed by atoms with Crippen molar-refractivity contribution in [2.45, 2.75) is 45.4 Å². The predicted molar refractivity (Wildman–Crippen MR) is 92.5 cm³/mol. The van der Waals surface area contributed by atoms with Crippen LogP contribution in [0.3, 0.4) is 0 Å². The van der Waals surface area contributed by atoms with Gasteiger partial charge in [0.25, 0.3) is 0 Å². The molecule has 0 aliphatic heterocycles. The minimum atomic E-state index is -0.411. The van der Waals surface area contributed by atoms with E-state index >= 15 is 0 Å². The summed E-state index contributed by atoms with van der Waals surface area (Å²) < 4.78 is 18.3. The van der Waals surface area contributed by atoms with E-state index < -0.39 is 5.97 Å². The summed E-state index contributed by atoms with van der Waals surface area (Å²) in [4.78, 5) is 28.2. The molecule has 0 fully saturated rings. The number of Topliss-reactive ketones (excluding diaryl/α,β-unsaturated/α-hetero) is 1. The van der Waals surface area contributed by atoms with Gasteiger partial charge in [-0.3, -0.25) is 4.79 Å². The molecule has 0 saturated heterocycles. The van der Waals surface area contributed by atoms with Crippen LogP contribution in [0.2, 0.25) is 0 Å². The van der Waals surface area contributed by atoms with Gasteiger partial charge in [-0.15, -0.1) is 0 Å². The Balaban J connectivity index is 1.98. The van der Waals surface area contributed by atoms with Gasteiger partial charge in [0.05, 0.1) is 6.61 Å². The average Bonchev–Trinajstić information content (AvgIpc) is 2.95. The van der Waals surface area contributed by atoms with Gasteiger partial charge in [-0.1, -0.05) is 25.5 Å². The standard InChI is InChI=1S/C20H22FNO3/c1-3-5-15-18-16(22-19(15)20(24)25-4-2)10-13(11-17(18)23)12-6-8-14(21)9-7-12/h6-9,13,22H,3-5,10-11H2,1-2H3/t13-/m0/s1. The molecule has 0 bridgehead atoms. The van der Waals surface area contributed by atoms with E-state index in [0.717, 1.165) is 23.2 Å². The fourth-order valence-corrected chi connectivity index (χ4v) is 3.58. The van der Waals surface area contributed by atoms with Crippen LogP contribution >= 0.6 is 0 Å². The Hall–Kier alpha value is -2.43. The van der Waals surface area contributed by atoms with Crippen molar-refractivity contribution >= 4 is 11.8 Å². The maximum atomic E-state index is 13.1. The van der Waals surface area contributed by atoms with Crippen LogP contribution in [0.25, 0.3) is 0 Å². The van der Waals surface area contributed by atoms with Crippen LogP contribution < -0.4 is 0 Å². The van der Waals surface area contributed by atoms with Crippen LogP contribution in [0, 0.1) is 5.82 Å². The average molecular weight is 343 g/mol. The zero-order valence-electron chi connectivity index (χ0n) is 14.5. The van der Waals surface area contributed by atoms with Gasteiger partial charge in [-0.2, -0.15) is 0 Å². The first-order valence-corrected chi connectivity index (χ1v) is 8.74. The number of rotatable bonds is 5. The Bertz CT molecular complexity index is 792. The Morgan fingerprint density at radius 2 is 1.96 bits per heavy atom. The molecular weight excluding hydrogens is 321 g/mol. The third-order valence-corrected chi connectivity index (χ3v) is 4.66. The first-order chi connectivity index (χ1) is 12.0. The summed E-state index contributed by atoms with van der Waals surface area (Å²) in [6.07, 6.45) is 2.50. The van der Waals surface area contributed by atoms with Crippen molar-refractivity contribution in [2.24, 2.45) is 0 Å². The third-order valence-electron chi connectivity index (χ3n) is 4.66. The van der Waals surface area contributed by atoms with E-state index in [-0.39, 0.29) is 17.5 Å². The lowest BCUT2D eigenvalue weighted by Crippen LogP contribution is -2.19. The highest BCUT2D eigenvalue weighted by atomic mass is 19.1. The van der Waals surface area contributed by atoms with Crippen molar-refractivity contribution in [3.8, 4) is 0 Å². The van der Waals surface area contributed by atoms with Gasteiger partial charge >= 0.3 is 5.97 Å². The molecule has 0 radical (unpaired) electrons. The van der Waals surface area contributed by atoms with Crippen molar-refractivity contribution in [3.63, 3.8) is 0 Å². The molecule has 1 aliphatic carbocycles. The summed E-state index contributed by atoms with van der Waals surface area (Å²) in [5.74, 6) is -0.678. The molecule has 0 amide bonds. The van der Waals surface area contributed by atoms with E-state index in [9.17, 15) is 14.0 Å². The van der Waals surface area contributed by atoms with Gasteiger partial charge in [0.1, 0.15) is 11.5 Å². The molecule has 1 aromatic carbocycles. The molecule has 25 heavy (non-hydrogen) atoms. The maximum absolute atomic E-state index is 13.1. The number of ether oxygens (including phenoxy) is 1. The van der Waals surface area contributed by atoms with Crippen molar-refractivity contribution in [1.29, 1.82) is 0 Å². The highest BCUT2D eigenvalue weighted by Gasteiger charge is 2.33. The molecule has 1 heterocycles. The molecule has 3 rings (SSSR count). The summed E-state index contributed by atoms with van der Waals surface area (Å²) in [6.45, 7) is 4.07. The normalized spacial score (nSPS) is 16.6. The van der Waals surface area contributed by atoms with Crippen molar-refractivity contribution in [2.75, 3.05) is 6.61 Å². The van der Waals surface area contributed by atoms with E-state index in [1.165, 1.54) is 12.1 Å². The lowest BCUT2D eigenvalue weighted by atomic mass is 9.81. The summed E-state index contributed by atoms with van der Waals surface area (Å²) in [7, 11) is 0. The van der Waals surface area contributed by atoms with E-state index in [2.05, 4.69) is 4.98 Å². The van der Waals surface area contributed by atoms with E-state index in [4.69, 9.17) is 4.74 Å². The molecule has 1 atom stereocenters. The quantitative estimate of drug-likeness (QED) is 0.828. The molecule has 5 heteroatoms. The number of carbonyl (C=O) groups is 2. The summed E-state index contributed by atoms with van der Waals surface area (Å²) in [5.41, 5.74) is 3.56. The number of ketones is 1. The second kappa shape index (κ2) is 7.21. The number of benzene rings is 1. The molecule has 0 spiro atoms. The topological polar surface area (TPSA) is 59.2 Å². The molecule has 1 N–H and O–H groups in total. The van der Waals surface area contributed by atoms with Crippen LogP contribution in [0.15, 0.2) is 24.3 Å². The van der Waals surface area contributed by atoms with Gasteiger partial charge in [-0.05, 0) is 48.9 Å². The van der Waals surface area contributed by atoms with Gasteiger partial charge in [0.15, 0.2) is 5.78 Å². The number of aromatic nitrogens is 1. The number of halogens is 1. The smallest absolute Gasteiger partial charge is 0.355 e. The number of esters is 1. The Labute approximate surface area is 146 Å².